The number of piperazine rings is 1. The average Bonchev–Trinajstić information content (AvgIpc) is 3.44. The molecule has 1 aliphatic heterocycles. The summed E-state index contributed by atoms with van der Waals surface area (Å²) in [5.74, 6) is 1.91. The minimum atomic E-state index is 0.0521. The van der Waals surface area contributed by atoms with Crippen LogP contribution in [0.15, 0.2) is 47.4 Å². The van der Waals surface area contributed by atoms with Crippen LogP contribution in [0.4, 0.5) is 17.3 Å². The lowest BCUT2D eigenvalue weighted by Gasteiger charge is -2.34. The molecular formula is C25H30N6O. The number of nitrogens with one attached hydrogen (secondary N) is 1. The highest BCUT2D eigenvalue weighted by Crippen LogP contribution is 2.50. The van der Waals surface area contributed by atoms with E-state index >= 15 is 0 Å². The second-order valence-electron chi connectivity index (χ2n) is 9.72. The molecule has 0 spiro atoms. The van der Waals surface area contributed by atoms with Gasteiger partial charge in [0.2, 0.25) is 5.95 Å². The Kier molecular flexibility index (Phi) is 4.86. The first-order chi connectivity index (χ1) is 15.6. The normalized spacial score (nSPS) is 25.5. The minimum Gasteiger partial charge on any atom is -0.369 e. The average molecular weight is 431 g/mol. The number of pyridine rings is 1. The number of benzene rings is 1. The summed E-state index contributed by atoms with van der Waals surface area (Å²) >= 11 is 0. The van der Waals surface area contributed by atoms with Gasteiger partial charge in [0.25, 0.3) is 5.56 Å². The van der Waals surface area contributed by atoms with Gasteiger partial charge in [0, 0.05) is 61.2 Å². The van der Waals surface area contributed by atoms with E-state index in [1.165, 1.54) is 24.9 Å². The first-order valence-electron chi connectivity index (χ1n) is 11.8. The van der Waals surface area contributed by atoms with Crippen LogP contribution in [0.5, 0.6) is 0 Å². The maximum Gasteiger partial charge on any atom is 0.252 e. The van der Waals surface area contributed by atoms with Crippen LogP contribution >= 0.6 is 0 Å². The van der Waals surface area contributed by atoms with Gasteiger partial charge < -0.3 is 15.1 Å². The van der Waals surface area contributed by atoms with E-state index in [-0.39, 0.29) is 11.6 Å². The second-order valence-corrected chi connectivity index (χ2v) is 9.72. The molecule has 166 valence electrons. The number of hydrogen-bond acceptors (Lipinski definition) is 6. The van der Waals surface area contributed by atoms with Crippen molar-refractivity contribution in [2.75, 3.05) is 43.4 Å². The van der Waals surface area contributed by atoms with Crippen molar-refractivity contribution >= 4 is 28.4 Å². The zero-order chi connectivity index (χ0) is 21.7. The fourth-order valence-electron chi connectivity index (χ4n) is 5.90. The van der Waals surface area contributed by atoms with Crippen LogP contribution in [-0.4, -0.2) is 52.7 Å². The molecule has 2 aromatic heterocycles. The number of likely N-dealkylation sites (N-methyl/N-ethyl adjacent to an activating group) is 1. The van der Waals surface area contributed by atoms with Gasteiger partial charge in [-0.2, -0.15) is 4.98 Å². The van der Waals surface area contributed by atoms with Crippen LogP contribution < -0.4 is 15.8 Å². The predicted octanol–water partition coefficient (Wildman–Crippen LogP) is 3.65. The monoisotopic (exact) mass is 430 g/mol. The molecular weight excluding hydrogens is 400 g/mol. The van der Waals surface area contributed by atoms with Gasteiger partial charge in [0.1, 0.15) is 5.65 Å². The number of anilines is 3. The van der Waals surface area contributed by atoms with Gasteiger partial charge in [-0.05, 0) is 68.5 Å². The van der Waals surface area contributed by atoms with Gasteiger partial charge in [-0.1, -0.05) is 6.42 Å². The summed E-state index contributed by atoms with van der Waals surface area (Å²) in [5.41, 5.74) is 3.00. The molecule has 0 amide bonds. The Bertz CT molecular complexity index is 1180. The third kappa shape index (κ3) is 3.54. The van der Waals surface area contributed by atoms with Crippen LogP contribution in [0.3, 0.4) is 0 Å². The van der Waals surface area contributed by atoms with Crippen molar-refractivity contribution in [3.8, 4) is 0 Å². The molecule has 0 radical (unpaired) electrons. The van der Waals surface area contributed by atoms with Crippen molar-refractivity contribution < 1.29 is 0 Å². The SMILES string of the molecule is CN1CCN(c2ccc(Nc3ncc4ccc(=O)n([C@H]5C[C@H]6CC[C@@H]5C6)c4n3)cc2)CC1. The molecule has 2 saturated carbocycles. The fourth-order valence-corrected chi connectivity index (χ4v) is 5.90. The van der Waals surface area contributed by atoms with Gasteiger partial charge in [0.15, 0.2) is 0 Å². The molecule has 7 nitrogen and oxygen atoms in total. The smallest absolute Gasteiger partial charge is 0.252 e. The molecule has 7 heteroatoms. The molecule has 6 rings (SSSR count). The molecule has 3 fully saturated rings. The first kappa shape index (κ1) is 19.7. The number of rotatable bonds is 4. The maximum absolute atomic E-state index is 12.8. The standard InChI is InChI=1S/C25H30N6O/c1-29-10-12-30(13-11-29)21-7-5-20(6-8-21)27-25-26-16-19-4-9-23(32)31(24(19)28-25)22-15-17-2-3-18(22)14-17/h4-9,16-18,22H,2-3,10-15H2,1H3,(H,26,27,28)/t17-,18+,22-/m0/s1. The molecule has 3 heterocycles. The molecule has 0 unspecified atom stereocenters. The minimum absolute atomic E-state index is 0.0521. The van der Waals surface area contributed by atoms with Gasteiger partial charge in [-0.3, -0.25) is 9.36 Å². The number of hydrogen-bond donors (Lipinski definition) is 1. The Morgan fingerprint density at radius 3 is 2.50 bits per heavy atom. The van der Waals surface area contributed by atoms with E-state index < -0.39 is 0 Å². The third-order valence-electron chi connectivity index (χ3n) is 7.69. The summed E-state index contributed by atoms with van der Waals surface area (Å²) in [7, 11) is 2.17. The molecule has 3 atom stereocenters. The molecule has 1 saturated heterocycles. The van der Waals surface area contributed by atoms with E-state index in [1.807, 2.05) is 16.8 Å². The van der Waals surface area contributed by atoms with E-state index in [0.717, 1.165) is 55.2 Å². The highest BCUT2D eigenvalue weighted by atomic mass is 16.1. The van der Waals surface area contributed by atoms with Crippen molar-refractivity contribution in [3.05, 3.63) is 52.9 Å². The van der Waals surface area contributed by atoms with Crippen molar-refractivity contribution in [1.29, 1.82) is 0 Å². The Balaban J connectivity index is 1.26. The summed E-state index contributed by atoms with van der Waals surface area (Å²) in [6.07, 6.45) is 6.72. The first-order valence-corrected chi connectivity index (χ1v) is 11.8. The Hall–Kier alpha value is -2.93. The van der Waals surface area contributed by atoms with Crippen LogP contribution in [0.25, 0.3) is 11.0 Å². The summed E-state index contributed by atoms with van der Waals surface area (Å²) in [6.45, 7) is 4.29. The van der Waals surface area contributed by atoms with Gasteiger partial charge >= 0.3 is 0 Å². The van der Waals surface area contributed by atoms with Crippen molar-refractivity contribution in [2.24, 2.45) is 11.8 Å². The molecule has 2 bridgehead atoms. The lowest BCUT2D eigenvalue weighted by atomic mass is 9.95. The zero-order valence-corrected chi connectivity index (χ0v) is 18.6. The van der Waals surface area contributed by atoms with Gasteiger partial charge in [-0.15, -0.1) is 0 Å². The Morgan fingerprint density at radius 2 is 1.78 bits per heavy atom. The van der Waals surface area contributed by atoms with Crippen LogP contribution in [0.2, 0.25) is 0 Å². The van der Waals surface area contributed by atoms with Crippen molar-refractivity contribution in [3.63, 3.8) is 0 Å². The summed E-state index contributed by atoms with van der Waals surface area (Å²) in [6, 6.07) is 12.2. The van der Waals surface area contributed by atoms with Crippen LogP contribution in [0, 0.1) is 11.8 Å². The second kappa shape index (κ2) is 7.89. The van der Waals surface area contributed by atoms with Crippen molar-refractivity contribution in [2.45, 2.75) is 31.7 Å². The van der Waals surface area contributed by atoms with E-state index in [4.69, 9.17) is 4.98 Å². The predicted molar refractivity (Wildman–Crippen MR) is 128 cm³/mol. The molecule has 3 aromatic rings. The van der Waals surface area contributed by atoms with E-state index in [9.17, 15) is 4.79 Å². The molecule has 1 aromatic carbocycles. The molecule has 1 N–H and O–H groups in total. The molecule has 3 aliphatic rings. The van der Waals surface area contributed by atoms with E-state index in [0.29, 0.717) is 11.9 Å². The topological polar surface area (TPSA) is 66.3 Å². The Morgan fingerprint density at radius 1 is 0.969 bits per heavy atom. The van der Waals surface area contributed by atoms with E-state index in [2.05, 4.69) is 51.4 Å². The van der Waals surface area contributed by atoms with Crippen LogP contribution in [0.1, 0.15) is 31.7 Å². The summed E-state index contributed by atoms with van der Waals surface area (Å²) in [5, 5.41) is 4.26. The molecule has 2 aliphatic carbocycles. The quantitative estimate of drug-likeness (QED) is 0.682. The number of fused-ring (bicyclic) bond motifs is 3. The zero-order valence-electron chi connectivity index (χ0n) is 18.6. The highest BCUT2D eigenvalue weighted by Gasteiger charge is 2.41. The number of aromatic nitrogens is 3. The van der Waals surface area contributed by atoms with E-state index in [1.54, 1.807) is 6.07 Å². The largest absolute Gasteiger partial charge is 0.369 e. The van der Waals surface area contributed by atoms with Crippen molar-refractivity contribution in [1.82, 2.24) is 19.4 Å². The van der Waals surface area contributed by atoms with Gasteiger partial charge in [0.05, 0.1) is 0 Å². The Labute approximate surface area is 188 Å². The lowest BCUT2D eigenvalue weighted by molar-refractivity contribution is 0.313. The fraction of sp³-hybridized carbons (Fsp3) is 0.480. The summed E-state index contributed by atoms with van der Waals surface area (Å²) in [4.78, 5) is 27.0. The summed E-state index contributed by atoms with van der Waals surface area (Å²) < 4.78 is 1.95. The van der Waals surface area contributed by atoms with Gasteiger partial charge in [-0.25, -0.2) is 4.98 Å². The number of nitrogens with zero attached hydrogens (tertiary/aromatic N) is 5. The lowest BCUT2D eigenvalue weighted by Crippen LogP contribution is -2.44. The maximum atomic E-state index is 12.8. The molecule has 32 heavy (non-hydrogen) atoms. The van der Waals surface area contributed by atoms with Crippen LogP contribution in [-0.2, 0) is 0 Å². The third-order valence-corrected chi connectivity index (χ3v) is 7.69. The highest BCUT2D eigenvalue weighted by molar-refractivity contribution is 5.76.